The van der Waals surface area contributed by atoms with Gasteiger partial charge in [-0.2, -0.15) is 0 Å². The number of hydrogen-bond acceptors (Lipinski definition) is 6. The molecule has 1 aliphatic heterocycles. The van der Waals surface area contributed by atoms with Crippen LogP contribution in [0.1, 0.15) is 10.4 Å². The van der Waals surface area contributed by atoms with E-state index in [9.17, 15) is 9.59 Å². The molecule has 2 aromatic carbocycles. The van der Waals surface area contributed by atoms with Gasteiger partial charge in [0.1, 0.15) is 5.75 Å². The van der Waals surface area contributed by atoms with Gasteiger partial charge in [-0.15, -0.1) is 0 Å². The zero-order valence-electron chi connectivity index (χ0n) is 17.8. The van der Waals surface area contributed by atoms with Gasteiger partial charge in [-0.05, 0) is 18.2 Å². The molecule has 1 saturated heterocycles. The zero-order valence-corrected chi connectivity index (χ0v) is 18.6. The van der Waals surface area contributed by atoms with E-state index in [2.05, 4.69) is 10.2 Å². The Kier molecular flexibility index (Phi) is 7.46. The summed E-state index contributed by atoms with van der Waals surface area (Å²) in [6.07, 6.45) is 0. The molecule has 1 aliphatic rings. The molecule has 2 aromatic rings. The van der Waals surface area contributed by atoms with Crippen LogP contribution in [0, 0.1) is 0 Å². The maximum Gasteiger partial charge on any atom is 0.255 e. The van der Waals surface area contributed by atoms with E-state index < -0.39 is 5.91 Å². The maximum atomic E-state index is 12.7. The summed E-state index contributed by atoms with van der Waals surface area (Å²) in [5.41, 5.74) is 1.30. The highest BCUT2D eigenvalue weighted by Crippen LogP contribution is 2.34. The minimum atomic E-state index is -0.427. The Morgan fingerprint density at radius 1 is 0.935 bits per heavy atom. The topological polar surface area (TPSA) is 80.3 Å². The highest BCUT2D eigenvalue weighted by molar-refractivity contribution is 6.30. The predicted molar refractivity (Wildman–Crippen MR) is 119 cm³/mol. The molecule has 8 nitrogen and oxygen atoms in total. The number of piperazine rings is 1. The average Bonchev–Trinajstić information content (AvgIpc) is 2.81. The number of carbonyl (C=O) groups is 2. The first kappa shape index (κ1) is 22.6. The Morgan fingerprint density at radius 3 is 2.19 bits per heavy atom. The lowest BCUT2D eigenvalue weighted by molar-refractivity contribution is -0.130. The lowest BCUT2D eigenvalue weighted by Crippen LogP contribution is -2.51. The van der Waals surface area contributed by atoms with Gasteiger partial charge < -0.3 is 29.3 Å². The number of ether oxygens (including phenoxy) is 3. The van der Waals surface area contributed by atoms with Gasteiger partial charge in [0.25, 0.3) is 5.91 Å². The first-order valence-electron chi connectivity index (χ1n) is 9.83. The summed E-state index contributed by atoms with van der Waals surface area (Å²) >= 11 is 6.07. The monoisotopic (exact) mass is 447 g/mol. The van der Waals surface area contributed by atoms with Gasteiger partial charge in [0.15, 0.2) is 11.5 Å². The van der Waals surface area contributed by atoms with Crippen LogP contribution in [0.25, 0.3) is 0 Å². The molecule has 0 unspecified atom stereocenters. The number of halogens is 1. The summed E-state index contributed by atoms with van der Waals surface area (Å²) in [6, 6.07) is 10.8. The van der Waals surface area contributed by atoms with Gasteiger partial charge in [0, 0.05) is 49.0 Å². The fraction of sp³-hybridized carbons (Fsp3) is 0.364. The Balaban J connectivity index is 1.57. The van der Waals surface area contributed by atoms with Crippen molar-refractivity contribution in [3.63, 3.8) is 0 Å². The van der Waals surface area contributed by atoms with E-state index in [1.807, 2.05) is 24.3 Å². The van der Waals surface area contributed by atoms with Gasteiger partial charge in [-0.25, -0.2) is 0 Å². The van der Waals surface area contributed by atoms with E-state index in [-0.39, 0.29) is 18.0 Å². The van der Waals surface area contributed by atoms with Gasteiger partial charge >= 0.3 is 0 Å². The third-order valence-electron chi connectivity index (χ3n) is 5.16. The standard InChI is InChI=1S/C22H26ClN3O5/c1-29-18-13-20(31-3)19(30-2)12-17(18)22(28)24-14-21(27)26-9-7-25(8-10-26)16-6-4-5-15(23)11-16/h4-6,11-13H,7-10,14H2,1-3H3,(H,24,28). The van der Waals surface area contributed by atoms with Crippen molar-refractivity contribution < 1.29 is 23.8 Å². The number of amides is 2. The highest BCUT2D eigenvalue weighted by atomic mass is 35.5. The van der Waals surface area contributed by atoms with Crippen molar-refractivity contribution in [2.24, 2.45) is 0 Å². The zero-order chi connectivity index (χ0) is 22.4. The van der Waals surface area contributed by atoms with E-state index in [1.165, 1.54) is 27.4 Å². The molecule has 0 atom stereocenters. The largest absolute Gasteiger partial charge is 0.496 e. The van der Waals surface area contributed by atoms with E-state index in [0.717, 1.165) is 5.69 Å². The molecule has 0 saturated carbocycles. The van der Waals surface area contributed by atoms with E-state index in [0.29, 0.717) is 48.5 Å². The Morgan fingerprint density at radius 2 is 1.58 bits per heavy atom. The van der Waals surface area contributed by atoms with Crippen LogP contribution in [0.4, 0.5) is 5.69 Å². The van der Waals surface area contributed by atoms with Crippen LogP contribution in [-0.4, -0.2) is 70.8 Å². The van der Waals surface area contributed by atoms with Crippen LogP contribution in [0.5, 0.6) is 17.2 Å². The summed E-state index contributed by atoms with van der Waals surface area (Å²) in [6.45, 7) is 2.43. The maximum absolute atomic E-state index is 12.7. The van der Waals surface area contributed by atoms with Crippen molar-refractivity contribution in [3.05, 3.63) is 47.0 Å². The number of hydrogen-bond donors (Lipinski definition) is 1. The predicted octanol–water partition coefficient (Wildman–Crippen LogP) is 2.44. The molecule has 0 aromatic heterocycles. The lowest BCUT2D eigenvalue weighted by Gasteiger charge is -2.36. The quantitative estimate of drug-likeness (QED) is 0.702. The molecule has 0 spiro atoms. The molecule has 1 fully saturated rings. The van der Waals surface area contributed by atoms with E-state index in [1.54, 1.807) is 11.0 Å². The molecule has 1 heterocycles. The second kappa shape index (κ2) is 10.3. The van der Waals surface area contributed by atoms with Gasteiger partial charge in [0.05, 0.1) is 33.4 Å². The van der Waals surface area contributed by atoms with Crippen molar-refractivity contribution in [3.8, 4) is 17.2 Å². The second-order valence-corrected chi connectivity index (χ2v) is 7.37. The minimum absolute atomic E-state index is 0.104. The van der Waals surface area contributed by atoms with Crippen LogP contribution in [-0.2, 0) is 4.79 Å². The van der Waals surface area contributed by atoms with Crippen LogP contribution >= 0.6 is 11.6 Å². The number of rotatable bonds is 7. The molecule has 1 N–H and O–H groups in total. The molecule has 0 bridgehead atoms. The molecule has 0 aliphatic carbocycles. The van der Waals surface area contributed by atoms with E-state index in [4.69, 9.17) is 25.8 Å². The smallest absolute Gasteiger partial charge is 0.255 e. The molecular formula is C22H26ClN3O5. The number of methoxy groups -OCH3 is 3. The molecule has 0 radical (unpaired) electrons. The first-order chi connectivity index (χ1) is 15.0. The molecule has 166 valence electrons. The number of nitrogens with one attached hydrogen (secondary N) is 1. The summed E-state index contributed by atoms with van der Waals surface area (Å²) in [7, 11) is 4.45. The molecule has 9 heteroatoms. The van der Waals surface area contributed by atoms with Crippen molar-refractivity contribution >= 4 is 29.1 Å². The fourth-order valence-electron chi connectivity index (χ4n) is 3.46. The third kappa shape index (κ3) is 5.32. The van der Waals surface area contributed by atoms with Crippen molar-refractivity contribution in [1.29, 1.82) is 0 Å². The number of benzene rings is 2. The van der Waals surface area contributed by atoms with Crippen LogP contribution < -0.4 is 24.4 Å². The summed E-state index contributed by atoms with van der Waals surface area (Å²) in [4.78, 5) is 29.2. The average molecular weight is 448 g/mol. The van der Waals surface area contributed by atoms with Gasteiger partial charge in [-0.1, -0.05) is 17.7 Å². The van der Waals surface area contributed by atoms with Crippen molar-refractivity contribution in [2.75, 3.05) is 59.0 Å². The van der Waals surface area contributed by atoms with Crippen molar-refractivity contribution in [1.82, 2.24) is 10.2 Å². The SMILES string of the molecule is COc1cc(OC)c(C(=O)NCC(=O)N2CCN(c3cccc(Cl)c3)CC2)cc1OC. The van der Waals surface area contributed by atoms with Crippen LogP contribution in [0.15, 0.2) is 36.4 Å². The number of anilines is 1. The Hall–Kier alpha value is -3.13. The van der Waals surface area contributed by atoms with Gasteiger partial charge in [0.2, 0.25) is 5.91 Å². The summed E-state index contributed by atoms with van der Waals surface area (Å²) in [5, 5.41) is 3.36. The van der Waals surface area contributed by atoms with Crippen LogP contribution in [0.2, 0.25) is 5.02 Å². The van der Waals surface area contributed by atoms with E-state index >= 15 is 0 Å². The fourth-order valence-corrected chi connectivity index (χ4v) is 3.64. The second-order valence-electron chi connectivity index (χ2n) is 6.94. The third-order valence-corrected chi connectivity index (χ3v) is 5.39. The van der Waals surface area contributed by atoms with Crippen molar-refractivity contribution in [2.45, 2.75) is 0 Å². The number of carbonyl (C=O) groups excluding carboxylic acids is 2. The summed E-state index contributed by atoms with van der Waals surface area (Å²) < 4.78 is 15.8. The minimum Gasteiger partial charge on any atom is -0.496 e. The first-order valence-corrected chi connectivity index (χ1v) is 10.2. The Bertz CT molecular complexity index is 945. The highest BCUT2D eigenvalue weighted by Gasteiger charge is 2.23. The Labute approximate surface area is 186 Å². The lowest BCUT2D eigenvalue weighted by atomic mass is 10.1. The molecule has 2 amide bonds. The summed E-state index contributed by atoms with van der Waals surface area (Å²) in [5.74, 6) is 0.612. The normalized spacial score (nSPS) is 13.5. The molecular weight excluding hydrogens is 422 g/mol. The van der Waals surface area contributed by atoms with Crippen LogP contribution in [0.3, 0.4) is 0 Å². The molecule has 3 rings (SSSR count). The van der Waals surface area contributed by atoms with Gasteiger partial charge in [-0.3, -0.25) is 9.59 Å². The number of nitrogens with zero attached hydrogens (tertiary/aromatic N) is 2. The molecule has 31 heavy (non-hydrogen) atoms.